The summed E-state index contributed by atoms with van der Waals surface area (Å²) in [5.74, 6) is 0.579. The van der Waals surface area contributed by atoms with Gasteiger partial charge in [0, 0.05) is 11.6 Å². The van der Waals surface area contributed by atoms with E-state index in [-0.39, 0.29) is 6.54 Å². The molecule has 0 atom stereocenters. The largest absolute Gasteiger partial charge is 0.384 e. The fourth-order valence-electron chi connectivity index (χ4n) is 1.99. The summed E-state index contributed by atoms with van der Waals surface area (Å²) in [6.45, 7) is 0.217. The van der Waals surface area contributed by atoms with Crippen molar-refractivity contribution >= 4 is 22.5 Å². The van der Waals surface area contributed by atoms with Gasteiger partial charge in [0.1, 0.15) is 17.5 Å². The van der Waals surface area contributed by atoms with Gasteiger partial charge in [-0.05, 0) is 18.2 Å². The third-order valence-corrected chi connectivity index (χ3v) is 2.96. The molecular weight excluding hydrogens is 290 g/mol. The predicted octanol–water partition coefficient (Wildman–Crippen LogP) is 2.55. The molecule has 6 nitrogen and oxygen atoms in total. The molecule has 0 radical (unpaired) electrons. The van der Waals surface area contributed by atoms with Crippen molar-refractivity contribution in [2.24, 2.45) is 0 Å². The minimum absolute atomic E-state index is 0.217. The first kappa shape index (κ1) is 14.1. The lowest BCUT2D eigenvalue weighted by Gasteiger charge is -2.10. The number of fused-ring (bicyclic) bond motifs is 1. The molecule has 0 aliphatic carbocycles. The van der Waals surface area contributed by atoms with E-state index in [4.69, 9.17) is 5.73 Å². The number of nitrogens with zero attached hydrogens (tertiary/aromatic N) is 4. The standard InChI is InChI=1S/C14H12F2N6/c15-12(16)14-20-9-4-2-1-3-8(9)13(22-14)19-7-11-18-6-5-10(17)21-11/h1-6,12H,7H2,(H2,17,18,21)(H,19,20,22). The number of hydrogen-bond donors (Lipinski definition) is 2. The molecule has 1 aromatic carbocycles. The number of nitrogen functional groups attached to an aromatic ring is 1. The first-order valence-electron chi connectivity index (χ1n) is 6.49. The van der Waals surface area contributed by atoms with E-state index in [1.165, 1.54) is 6.20 Å². The van der Waals surface area contributed by atoms with Crippen LogP contribution in [0.1, 0.15) is 18.1 Å². The number of nitrogens with two attached hydrogens (primary N) is 1. The number of rotatable bonds is 4. The Bertz CT molecular complexity index is 808. The van der Waals surface area contributed by atoms with Crippen molar-refractivity contribution < 1.29 is 8.78 Å². The Labute approximate surface area is 124 Å². The van der Waals surface area contributed by atoms with E-state index in [9.17, 15) is 8.78 Å². The summed E-state index contributed by atoms with van der Waals surface area (Å²) in [6, 6.07) is 8.50. The summed E-state index contributed by atoms with van der Waals surface area (Å²) in [6.07, 6.45) is -1.21. The SMILES string of the molecule is Nc1ccnc(CNc2nc(C(F)F)nc3ccccc23)n1. The molecule has 0 saturated heterocycles. The van der Waals surface area contributed by atoms with E-state index in [0.717, 1.165) is 0 Å². The van der Waals surface area contributed by atoms with Crippen LogP contribution in [-0.4, -0.2) is 19.9 Å². The van der Waals surface area contributed by atoms with E-state index >= 15 is 0 Å². The Balaban J connectivity index is 1.95. The van der Waals surface area contributed by atoms with E-state index in [1.807, 2.05) is 0 Å². The molecule has 3 aromatic rings. The summed E-state index contributed by atoms with van der Waals surface area (Å²) in [7, 11) is 0. The Morgan fingerprint density at radius 2 is 1.91 bits per heavy atom. The highest BCUT2D eigenvalue weighted by molar-refractivity contribution is 5.88. The van der Waals surface area contributed by atoms with Gasteiger partial charge in [-0.25, -0.2) is 28.7 Å². The molecule has 2 aromatic heterocycles. The van der Waals surface area contributed by atoms with Crippen LogP contribution in [0.15, 0.2) is 36.5 Å². The minimum atomic E-state index is -2.74. The van der Waals surface area contributed by atoms with Gasteiger partial charge < -0.3 is 11.1 Å². The van der Waals surface area contributed by atoms with Crippen molar-refractivity contribution in [1.29, 1.82) is 0 Å². The molecule has 2 heterocycles. The maximum atomic E-state index is 12.9. The molecule has 0 spiro atoms. The summed E-state index contributed by atoms with van der Waals surface area (Å²) >= 11 is 0. The lowest BCUT2D eigenvalue weighted by molar-refractivity contribution is 0.141. The molecule has 0 amide bonds. The zero-order chi connectivity index (χ0) is 15.5. The Morgan fingerprint density at radius 3 is 2.68 bits per heavy atom. The highest BCUT2D eigenvalue weighted by Gasteiger charge is 2.15. The van der Waals surface area contributed by atoms with E-state index in [2.05, 4.69) is 25.3 Å². The molecule has 0 fully saturated rings. The van der Waals surface area contributed by atoms with Crippen LogP contribution >= 0.6 is 0 Å². The van der Waals surface area contributed by atoms with Crippen molar-refractivity contribution in [3.05, 3.63) is 48.2 Å². The molecule has 0 saturated carbocycles. The van der Waals surface area contributed by atoms with Crippen molar-refractivity contribution in [2.75, 3.05) is 11.1 Å². The van der Waals surface area contributed by atoms with Gasteiger partial charge in [0.15, 0.2) is 5.82 Å². The van der Waals surface area contributed by atoms with Gasteiger partial charge in [-0.3, -0.25) is 0 Å². The molecule has 0 unspecified atom stereocenters. The van der Waals surface area contributed by atoms with Crippen LogP contribution in [-0.2, 0) is 6.54 Å². The van der Waals surface area contributed by atoms with Gasteiger partial charge in [-0.1, -0.05) is 12.1 Å². The van der Waals surface area contributed by atoms with E-state index in [0.29, 0.717) is 28.4 Å². The summed E-state index contributed by atoms with van der Waals surface area (Å²) in [5.41, 5.74) is 6.03. The zero-order valence-electron chi connectivity index (χ0n) is 11.4. The van der Waals surface area contributed by atoms with Crippen LogP contribution < -0.4 is 11.1 Å². The Hall–Kier alpha value is -2.90. The number of nitrogens with one attached hydrogen (secondary N) is 1. The second-order valence-corrected chi connectivity index (χ2v) is 4.50. The molecule has 8 heteroatoms. The number of alkyl halides is 2. The second kappa shape index (κ2) is 5.84. The predicted molar refractivity (Wildman–Crippen MR) is 78.3 cm³/mol. The highest BCUT2D eigenvalue weighted by atomic mass is 19.3. The Kier molecular flexibility index (Phi) is 3.73. The van der Waals surface area contributed by atoms with Crippen LogP contribution in [0.3, 0.4) is 0 Å². The average Bonchev–Trinajstić information content (AvgIpc) is 2.52. The number of anilines is 2. The van der Waals surface area contributed by atoms with Gasteiger partial charge in [0.25, 0.3) is 6.43 Å². The van der Waals surface area contributed by atoms with Gasteiger partial charge in [0.05, 0.1) is 12.1 Å². The molecule has 22 heavy (non-hydrogen) atoms. The lowest BCUT2D eigenvalue weighted by atomic mass is 10.2. The maximum absolute atomic E-state index is 12.9. The lowest BCUT2D eigenvalue weighted by Crippen LogP contribution is -2.09. The van der Waals surface area contributed by atoms with Gasteiger partial charge in [-0.2, -0.15) is 0 Å². The molecule has 0 bridgehead atoms. The van der Waals surface area contributed by atoms with Crippen LogP contribution in [0.4, 0.5) is 20.4 Å². The van der Waals surface area contributed by atoms with Gasteiger partial charge in [-0.15, -0.1) is 0 Å². The smallest absolute Gasteiger partial charge is 0.297 e. The monoisotopic (exact) mass is 302 g/mol. The number of hydrogen-bond acceptors (Lipinski definition) is 6. The fraction of sp³-hybridized carbons (Fsp3) is 0.143. The van der Waals surface area contributed by atoms with Crippen LogP contribution in [0.25, 0.3) is 10.9 Å². The fourth-order valence-corrected chi connectivity index (χ4v) is 1.99. The summed E-state index contributed by atoms with van der Waals surface area (Å²) in [5, 5.41) is 3.61. The third-order valence-electron chi connectivity index (χ3n) is 2.96. The number of halogens is 2. The van der Waals surface area contributed by atoms with Crippen molar-refractivity contribution in [2.45, 2.75) is 13.0 Å². The molecular formula is C14H12F2N6. The number of aromatic nitrogens is 4. The average molecular weight is 302 g/mol. The van der Waals surface area contributed by atoms with Crippen LogP contribution in [0.2, 0.25) is 0 Å². The van der Waals surface area contributed by atoms with Crippen molar-refractivity contribution in [3.63, 3.8) is 0 Å². The molecule has 0 aliphatic rings. The van der Waals surface area contributed by atoms with Crippen LogP contribution in [0.5, 0.6) is 0 Å². The van der Waals surface area contributed by atoms with Crippen molar-refractivity contribution in [1.82, 2.24) is 19.9 Å². The van der Waals surface area contributed by atoms with Gasteiger partial charge in [0.2, 0.25) is 0 Å². The third kappa shape index (κ3) is 2.90. The normalized spacial score (nSPS) is 11.0. The molecule has 0 aliphatic heterocycles. The zero-order valence-corrected chi connectivity index (χ0v) is 11.4. The Morgan fingerprint density at radius 1 is 1.09 bits per heavy atom. The van der Waals surface area contributed by atoms with Crippen LogP contribution in [0, 0.1) is 0 Å². The maximum Gasteiger partial charge on any atom is 0.297 e. The minimum Gasteiger partial charge on any atom is -0.384 e. The first-order chi connectivity index (χ1) is 10.6. The quantitative estimate of drug-likeness (QED) is 0.770. The first-order valence-corrected chi connectivity index (χ1v) is 6.49. The van der Waals surface area contributed by atoms with E-state index in [1.54, 1.807) is 30.3 Å². The summed E-state index contributed by atoms with van der Waals surface area (Å²) in [4.78, 5) is 15.8. The molecule has 112 valence electrons. The van der Waals surface area contributed by atoms with Crippen molar-refractivity contribution in [3.8, 4) is 0 Å². The molecule has 3 rings (SSSR count). The van der Waals surface area contributed by atoms with Gasteiger partial charge >= 0.3 is 0 Å². The highest BCUT2D eigenvalue weighted by Crippen LogP contribution is 2.24. The number of para-hydroxylation sites is 1. The second-order valence-electron chi connectivity index (χ2n) is 4.50. The number of benzene rings is 1. The topological polar surface area (TPSA) is 89.6 Å². The summed E-state index contributed by atoms with van der Waals surface area (Å²) < 4.78 is 25.8. The molecule has 3 N–H and O–H groups in total. The van der Waals surface area contributed by atoms with E-state index < -0.39 is 12.2 Å².